The van der Waals surface area contributed by atoms with Gasteiger partial charge in [0.25, 0.3) is 0 Å². The predicted molar refractivity (Wildman–Crippen MR) is 88.6 cm³/mol. The molecule has 5 heteroatoms. The Kier molecular flexibility index (Phi) is 6.14. The van der Waals surface area contributed by atoms with Crippen LogP contribution in [0.15, 0.2) is 58.3 Å². The van der Waals surface area contributed by atoms with Gasteiger partial charge in [-0.1, -0.05) is 12.1 Å². The SMILES string of the molecule is CC(=O)Nc1ccc(SCCSc2ccccc2F)cc1. The second-order valence-corrected chi connectivity index (χ2v) is 6.64. The molecule has 2 aromatic carbocycles. The van der Waals surface area contributed by atoms with Crippen molar-refractivity contribution in [2.45, 2.75) is 16.7 Å². The highest BCUT2D eigenvalue weighted by atomic mass is 32.2. The van der Waals surface area contributed by atoms with E-state index < -0.39 is 0 Å². The lowest BCUT2D eigenvalue weighted by molar-refractivity contribution is -0.114. The molecule has 1 amide bonds. The average molecular weight is 321 g/mol. The highest BCUT2D eigenvalue weighted by molar-refractivity contribution is 8.03. The van der Waals surface area contributed by atoms with Crippen LogP contribution in [0.4, 0.5) is 10.1 Å². The Bertz CT molecular complexity index is 601. The first-order valence-electron chi connectivity index (χ1n) is 6.53. The molecule has 0 aliphatic carbocycles. The molecule has 0 aliphatic rings. The number of nitrogens with one attached hydrogen (secondary N) is 1. The first-order valence-corrected chi connectivity index (χ1v) is 8.50. The maximum absolute atomic E-state index is 13.4. The standard InChI is InChI=1S/C16H16FNOS2/c1-12(19)18-13-6-8-14(9-7-13)20-10-11-21-16-5-3-2-4-15(16)17/h2-9H,10-11H2,1H3,(H,18,19). The summed E-state index contributed by atoms with van der Waals surface area (Å²) in [5.74, 6) is 1.52. The third-order valence-electron chi connectivity index (χ3n) is 2.62. The summed E-state index contributed by atoms with van der Waals surface area (Å²) in [5, 5.41) is 2.73. The molecule has 0 atom stereocenters. The summed E-state index contributed by atoms with van der Waals surface area (Å²) in [5.41, 5.74) is 0.799. The van der Waals surface area contributed by atoms with E-state index in [-0.39, 0.29) is 11.7 Å². The highest BCUT2D eigenvalue weighted by Crippen LogP contribution is 2.25. The second kappa shape index (κ2) is 8.10. The summed E-state index contributed by atoms with van der Waals surface area (Å²) in [6.45, 7) is 1.49. The second-order valence-electron chi connectivity index (χ2n) is 4.33. The normalized spacial score (nSPS) is 10.4. The summed E-state index contributed by atoms with van der Waals surface area (Å²) in [4.78, 5) is 12.8. The van der Waals surface area contributed by atoms with Crippen molar-refractivity contribution in [2.75, 3.05) is 16.8 Å². The molecule has 0 saturated carbocycles. The minimum Gasteiger partial charge on any atom is -0.326 e. The van der Waals surface area contributed by atoms with Gasteiger partial charge in [0.1, 0.15) is 5.82 Å². The van der Waals surface area contributed by atoms with E-state index in [1.165, 1.54) is 24.8 Å². The summed E-state index contributed by atoms with van der Waals surface area (Å²) < 4.78 is 13.4. The molecule has 0 unspecified atom stereocenters. The number of anilines is 1. The molecule has 2 aromatic rings. The Balaban J connectivity index is 1.76. The van der Waals surface area contributed by atoms with Crippen LogP contribution in [-0.2, 0) is 4.79 Å². The molecule has 0 heterocycles. The maximum atomic E-state index is 13.4. The van der Waals surface area contributed by atoms with Crippen molar-refractivity contribution in [1.29, 1.82) is 0 Å². The van der Waals surface area contributed by atoms with Crippen LogP contribution in [0.25, 0.3) is 0 Å². The van der Waals surface area contributed by atoms with Gasteiger partial charge in [-0.25, -0.2) is 4.39 Å². The van der Waals surface area contributed by atoms with Crippen molar-refractivity contribution in [3.05, 3.63) is 54.3 Å². The summed E-state index contributed by atoms with van der Waals surface area (Å²) in [6, 6.07) is 14.5. The molecular formula is C16H16FNOS2. The van der Waals surface area contributed by atoms with Crippen molar-refractivity contribution in [3.63, 3.8) is 0 Å². The lowest BCUT2D eigenvalue weighted by Crippen LogP contribution is -2.05. The number of benzene rings is 2. The number of carbonyl (C=O) groups is 1. The van der Waals surface area contributed by atoms with Gasteiger partial charge in [0.2, 0.25) is 5.91 Å². The first kappa shape index (κ1) is 15.9. The molecule has 1 N–H and O–H groups in total. The number of thioether (sulfide) groups is 2. The summed E-state index contributed by atoms with van der Waals surface area (Å²) >= 11 is 3.24. The van der Waals surface area contributed by atoms with Crippen LogP contribution in [-0.4, -0.2) is 17.4 Å². The molecular weight excluding hydrogens is 305 g/mol. The van der Waals surface area contributed by atoms with E-state index >= 15 is 0 Å². The van der Waals surface area contributed by atoms with Crippen molar-refractivity contribution >= 4 is 35.1 Å². The average Bonchev–Trinajstić information content (AvgIpc) is 2.46. The quantitative estimate of drug-likeness (QED) is 0.619. The van der Waals surface area contributed by atoms with E-state index in [4.69, 9.17) is 0 Å². The number of hydrogen-bond acceptors (Lipinski definition) is 3. The van der Waals surface area contributed by atoms with Crippen LogP contribution in [0.1, 0.15) is 6.92 Å². The van der Waals surface area contributed by atoms with Gasteiger partial charge >= 0.3 is 0 Å². The first-order chi connectivity index (χ1) is 10.1. The molecule has 0 fully saturated rings. The minimum atomic E-state index is -0.160. The van der Waals surface area contributed by atoms with Crippen LogP contribution in [0, 0.1) is 5.82 Å². The van der Waals surface area contributed by atoms with Gasteiger partial charge in [-0.2, -0.15) is 0 Å². The fourth-order valence-electron chi connectivity index (χ4n) is 1.71. The summed E-state index contributed by atoms with van der Waals surface area (Å²) in [6.07, 6.45) is 0. The topological polar surface area (TPSA) is 29.1 Å². The van der Waals surface area contributed by atoms with E-state index in [1.807, 2.05) is 30.3 Å². The van der Waals surface area contributed by atoms with Crippen molar-refractivity contribution in [2.24, 2.45) is 0 Å². The van der Waals surface area contributed by atoms with E-state index in [0.29, 0.717) is 4.90 Å². The molecule has 2 nitrogen and oxygen atoms in total. The Morgan fingerprint density at radius 2 is 1.71 bits per heavy atom. The fourth-order valence-corrected chi connectivity index (χ4v) is 3.54. The molecule has 110 valence electrons. The van der Waals surface area contributed by atoms with Crippen LogP contribution in [0.5, 0.6) is 0 Å². The van der Waals surface area contributed by atoms with Crippen LogP contribution in [0.3, 0.4) is 0 Å². The lowest BCUT2D eigenvalue weighted by Gasteiger charge is -2.05. The largest absolute Gasteiger partial charge is 0.326 e. The fraction of sp³-hybridized carbons (Fsp3) is 0.188. The number of hydrogen-bond donors (Lipinski definition) is 1. The van der Waals surface area contributed by atoms with Gasteiger partial charge in [0.15, 0.2) is 0 Å². The van der Waals surface area contributed by atoms with E-state index in [9.17, 15) is 9.18 Å². The van der Waals surface area contributed by atoms with E-state index in [1.54, 1.807) is 23.9 Å². The van der Waals surface area contributed by atoms with Crippen LogP contribution >= 0.6 is 23.5 Å². The minimum absolute atomic E-state index is 0.0725. The predicted octanol–water partition coefficient (Wildman–Crippen LogP) is 4.67. The maximum Gasteiger partial charge on any atom is 0.221 e. The number of amides is 1. The monoisotopic (exact) mass is 321 g/mol. The lowest BCUT2D eigenvalue weighted by atomic mass is 10.3. The highest BCUT2D eigenvalue weighted by Gasteiger charge is 2.02. The third-order valence-corrected chi connectivity index (χ3v) is 4.94. The number of carbonyl (C=O) groups excluding carboxylic acids is 1. The Morgan fingerprint density at radius 1 is 1.05 bits per heavy atom. The molecule has 0 aliphatic heterocycles. The van der Waals surface area contributed by atoms with Crippen molar-refractivity contribution < 1.29 is 9.18 Å². The molecule has 0 saturated heterocycles. The molecule has 2 rings (SSSR count). The van der Waals surface area contributed by atoms with Gasteiger partial charge in [0.05, 0.1) is 0 Å². The van der Waals surface area contributed by atoms with Gasteiger partial charge in [0, 0.05) is 33.9 Å². The Labute approximate surface area is 132 Å². The van der Waals surface area contributed by atoms with Crippen LogP contribution in [0.2, 0.25) is 0 Å². The molecule has 21 heavy (non-hydrogen) atoms. The molecule has 0 aromatic heterocycles. The number of halogens is 1. The zero-order valence-corrected chi connectivity index (χ0v) is 13.3. The van der Waals surface area contributed by atoms with Crippen molar-refractivity contribution in [1.82, 2.24) is 0 Å². The van der Waals surface area contributed by atoms with E-state index in [0.717, 1.165) is 22.1 Å². The van der Waals surface area contributed by atoms with Gasteiger partial charge < -0.3 is 5.32 Å². The van der Waals surface area contributed by atoms with Gasteiger partial charge in [-0.05, 0) is 36.4 Å². The third kappa shape index (κ3) is 5.44. The Hall–Kier alpha value is -1.46. The van der Waals surface area contributed by atoms with Gasteiger partial charge in [-0.15, -0.1) is 23.5 Å². The Morgan fingerprint density at radius 3 is 2.38 bits per heavy atom. The molecule has 0 radical (unpaired) electrons. The number of rotatable bonds is 6. The zero-order chi connectivity index (χ0) is 15.1. The molecule has 0 bridgehead atoms. The van der Waals surface area contributed by atoms with Crippen LogP contribution < -0.4 is 5.32 Å². The zero-order valence-electron chi connectivity index (χ0n) is 11.6. The summed E-state index contributed by atoms with van der Waals surface area (Å²) in [7, 11) is 0. The van der Waals surface area contributed by atoms with Crippen molar-refractivity contribution in [3.8, 4) is 0 Å². The van der Waals surface area contributed by atoms with E-state index in [2.05, 4.69) is 5.32 Å². The van der Waals surface area contributed by atoms with Gasteiger partial charge in [-0.3, -0.25) is 4.79 Å². The smallest absolute Gasteiger partial charge is 0.221 e. The molecule has 0 spiro atoms.